The van der Waals surface area contributed by atoms with Gasteiger partial charge in [-0.05, 0) is 55.9 Å². The summed E-state index contributed by atoms with van der Waals surface area (Å²) in [5, 5.41) is 3.32. The van der Waals surface area contributed by atoms with Crippen molar-refractivity contribution in [1.82, 2.24) is 5.32 Å². The second-order valence-electron chi connectivity index (χ2n) is 8.17. The number of rotatable bonds is 7. The lowest BCUT2D eigenvalue weighted by Gasteiger charge is -2.33. The summed E-state index contributed by atoms with van der Waals surface area (Å²) in [5.74, 6) is -0.607. The average molecular weight is 483 g/mol. The predicted molar refractivity (Wildman–Crippen MR) is 135 cm³/mol. The van der Waals surface area contributed by atoms with Gasteiger partial charge in [-0.1, -0.05) is 59.7 Å². The van der Waals surface area contributed by atoms with Gasteiger partial charge in [0.15, 0.2) is 4.91 Å². The Kier molecular flexibility index (Phi) is 7.05. The number of nitrogens with zero attached hydrogens (tertiary/aromatic N) is 1. The van der Waals surface area contributed by atoms with Crippen molar-refractivity contribution in [1.29, 1.82) is 0 Å². The first-order valence-corrected chi connectivity index (χ1v) is 12.9. The molecule has 2 aromatic rings. The van der Waals surface area contributed by atoms with Gasteiger partial charge in [-0.15, -0.1) is 6.58 Å². The molecule has 0 saturated heterocycles. The lowest BCUT2D eigenvalue weighted by molar-refractivity contribution is -0.116. The van der Waals surface area contributed by atoms with Crippen LogP contribution in [0.2, 0.25) is 5.02 Å². The third-order valence-corrected chi connectivity index (χ3v) is 8.02. The molecular weight excluding hydrogens is 456 g/mol. The summed E-state index contributed by atoms with van der Waals surface area (Å²) >= 11 is 6.30. The van der Waals surface area contributed by atoms with Crippen molar-refractivity contribution in [2.75, 3.05) is 17.4 Å². The largest absolute Gasteiger partial charge is 0.351 e. The number of hydrogen-bond acceptors (Lipinski definition) is 3. The number of benzene rings is 2. The molecule has 33 heavy (non-hydrogen) atoms. The summed E-state index contributed by atoms with van der Waals surface area (Å²) in [4.78, 5) is 13.2. The van der Waals surface area contributed by atoms with Crippen LogP contribution in [0.4, 0.5) is 5.69 Å². The Labute approximate surface area is 200 Å². The molecular formula is C26H27ClN2O3S. The van der Waals surface area contributed by atoms with Crippen LogP contribution in [0.1, 0.15) is 43.2 Å². The zero-order valence-electron chi connectivity index (χ0n) is 18.4. The first-order valence-electron chi connectivity index (χ1n) is 11.1. The molecule has 1 heterocycles. The second kappa shape index (κ2) is 9.98. The predicted octanol–water partition coefficient (Wildman–Crippen LogP) is 5.44. The van der Waals surface area contributed by atoms with Crippen molar-refractivity contribution in [2.24, 2.45) is 0 Å². The van der Waals surface area contributed by atoms with Gasteiger partial charge in [0.25, 0.3) is 15.9 Å². The smallest absolute Gasteiger partial charge is 0.270 e. The van der Waals surface area contributed by atoms with E-state index in [2.05, 4.69) is 18.0 Å². The lowest BCUT2D eigenvalue weighted by atomic mass is 9.95. The molecule has 172 valence electrons. The molecule has 0 spiro atoms. The van der Waals surface area contributed by atoms with E-state index in [1.165, 1.54) is 22.4 Å². The van der Waals surface area contributed by atoms with Gasteiger partial charge in [0.05, 0.1) is 12.2 Å². The van der Waals surface area contributed by atoms with Crippen molar-refractivity contribution in [3.05, 3.63) is 93.9 Å². The van der Waals surface area contributed by atoms with Crippen molar-refractivity contribution < 1.29 is 13.2 Å². The van der Waals surface area contributed by atoms with Gasteiger partial charge < -0.3 is 5.32 Å². The van der Waals surface area contributed by atoms with Crippen molar-refractivity contribution >= 4 is 38.8 Å². The minimum atomic E-state index is -4.13. The molecule has 0 atom stereocenters. The Morgan fingerprint density at radius 3 is 2.64 bits per heavy atom. The first kappa shape index (κ1) is 23.3. The number of anilines is 1. The molecule has 1 amide bonds. The maximum Gasteiger partial charge on any atom is 0.270 e. The number of carbonyl (C=O) groups excluding carboxylic acids is 1. The average Bonchev–Trinajstić information content (AvgIpc) is 2.81. The quantitative estimate of drug-likeness (QED) is 0.534. The van der Waals surface area contributed by atoms with Crippen molar-refractivity contribution in [3.63, 3.8) is 0 Å². The zero-order valence-corrected chi connectivity index (χ0v) is 20.0. The van der Waals surface area contributed by atoms with E-state index in [1.807, 2.05) is 18.2 Å². The molecule has 2 aliphatic rings. The monoisotopic (exact) mass is 482 g/mol. The summed E-state index contributed by atoms with van der Waals surface area (Å²) in [6.45, 7) is 4.13. The number of hydrogen-bond donors (Lipinski definition) is 1. The van der Waals surface area contributed by atoms with Crippen molar-refractivity contribution in [2.45, 2.75) is 32.1 Å². The van der Waals surface area contributed by atoms with E-state index in [-0.39, 0.29) is 11.4 Å². The molecule has 0 aromatic heterocycles. The number of nitrogens with one attached hydrogen (secondary N) is 1. The third kappa shape index (κ3) is 4.77. The van der Waals surface area contributed by atoms with Gasteiger partial charge in [0.2, 0.25) is 0 Å². The van der Waals surface area contributed by atoms with Crippen LogP contribution >= 0.6 is 11.6 Å². The molecule has 1 aliphatic heterocycles. The van der Waals surface area contributed by atoms with E-state index in [9.17, 15) is 13.2 Å². The fourth-order valence-electron chi connectivity index (χ4n) is 4.40. The molecule has 4 rings (SSSR count). The highest BCUT2D eigenvalue weighted by molar-refractivity contribution is 7.97. The molecule has 0 saturated carbocycles. The highest BCUT2D eigenvalue weighted by atomic mass is 35.5. The van der Waals surface area contributed by atoms with Gasteiger partial charge in [0.1, 0.15) is 0 Å². The van der Waals surface area contributed by atoms with Crippen LogP contribution < -0.4 is 9.62 Å². The molecule has 7 heteroatoms. The van der Waals surface area contributed by atoms with E-state index >= 15 is 0 Å². The van der Waals surface area contributed by atoms with Crippen LogP contribution in [-0.2, 0) is 14.8 Å². The molecule has 5 nitrogen and oxygen atoms in total. The van der Waals surface area contributed by atoms with E-state index < -0.39 is 15.9 Å². The molecule has 0 bridgehead atoms. The first-order chi connectivity index (χ1) is 15.9. The van der Waals surface area contributed by atoms with Crippen LogP contribution in [0.5, 0.6) is 0 Å². The number of carbonyl (C=O) groups is 1. The minimum absolute atomic E-state index is 0.0443. The van der Waals surface area contributed by atoms with E-state index in [0.29, 0.717) is 34.0 Å². The van der Waals surface area contributed by atoms with Crippen LogP contribution in [0.15, 0.2) is 77.7 Å². The van der Waals surface area contributed by atoms with Gasteiger partial charge in [-0.3, -0.25) is 9.10 Å². The van der Waals surface area contributed by atoms with Gasteiger partial charge >= 0.3 is 0 Å². The zero-order chi connectivity index (χ0) is 23.4. The molecule has 0 radical (unpaired) electrons. The van der Waals surface area contributed by atoms with Crippen LogP contribution in [-0.4, -0.2) is 27.4 Å². The fourth-order valence-corrected chi connectivity index (χ4v) is 6.31. The van der Waals surface area contributed by atoms with Crippen LogP contribution in [0.25, 0.3) is 5.57 Å². The highest BCUT2D eigenvalue weighted by Gasteiger charge is 2.40. The Hall–Kier alpha value is -2.83. The van der Waals surface area contributed by atoms with Gasteiger partial charge in [-0.25, -0.2) is 8.42 Å². The van der Waals surface area contributed by atoms with Crippen LogP contribution in [0, 0.1) is 0 Å². The Balaban J connectivity index is 1.81. The number of halogens is 1. The fraction of sp³-hybridized carbons (Fsp3) is 0.269. The lowest BCUT2D eigenvalue weighted by Crippen LogP contribution is -2.41. The van der Waals surface area contributed by atoms with E-state index in [1.54, 1.807) is 30.3 Å². The number of sulfonamides is 1. The summed E-state index contributed by atoms with van der Waals surface area (Å²) < 4.78 is 28.7. The molecule has 1 aliphatic carbocycles. The van der Waals surface area contributed by atoms with Gasteiger partial charge in [0, 0.05) is 22.7 Å². The molecule has 0 unspecified atom stereocenters. The summed E-state index contributed by atoms with van der Waals surface area (Å²) in [6.07, 6.45) is 8.91. The second-order valence-corrected chi connectivity index (χ2v) is 10.4. The maximum absolute atomic E-state index is 13.8. The summed E-state index contributed by atoms with van der Waals surface area (Å²) in [5.41, 5.74) is 3.40. The van der Waals surface area contributed by atoms with Crippen LogP contribution in [0.3, 0.4) is 0 Å². The third-order valence-electron chi connectivity index (χ3n) is 5.95. The minimum Gasteiger partial charge on any atom is -0.351 e. The SMILES string of the molecule is C=CCN1c2ccc(Cl)cc2C(c2ccccc2)=C(C(=O)NCCC2=CCCCC2)S1(=O)=O. The summed E-state index contributed by atoms with van der Waals surface area (Å²) in [7, 11) is -4.13. The topological polar surface area (TPSA) is 66.5 Å². The Morgan fingerprint density at radius 2 is 1.94 bits per heavy atom. The van der Waals surface area contributed by atoms with E-state index in [0.717, 1.165) is 25.7 Å². The maximum atomic E-state index is 13.8. The van der Waals surface area contributed by atoms with Gasteiger partial charge in [-0.2, -0.15) is 0 Å². The highest BCUT2D eigenvalue weighted by Crippen LogP contribution is 2.43. The Bertz CT molecular complexity index is 1230. The number of fused-ring (bicyclic) bond motifs is 1. The Morgan fingerprint density at radius 1 is 1.15 bits per heavy atom. The number of amides is 1. The standard InChI is InChI=1S/C26H27ClN2O3S/c1-2-17-29-23-14-13-21(27)18-22(23)24(20-11-7-4-8-12-20)25(33(29,31)32)26(30)28-16-15-19-9-5-3-6-10-19/h2,4,7-9,11-14,18H,1,3,5-6,10,15-17H2,(H,28,30). The number of allylic oxidation sites excluding steroid dienone is 1. The summed E-state index contributed by atoms with van der Waals surface area (Å²) in [6, 6.07) is 14.1. The molecule has 1 N–H and O–H groups in total. The normalized spacial score (nSPS) is 17.2. The molecule has 2 aromatic carbocycles. The van der Waals surface area contributed by atoms with Crippen molar-refractivity contribution in [3.8, 4) is 0 Å². The van der Waals surface area contributed by atoms with E-state index in [4.69, 9.17) is 11.6 Å². The molecule has 0 fully saturated rings.